The highest BCUT2D eigenvalue weighted by molar-refractivity contribution is 9.11. The lowest BCUT2D eigenvalue weighted by Gasteiger charge is -2.06. The van der Waals surface area contributed by atoms with Gasteiger partial charge in [-0.1, -0.05) is 11.6 Å². The fourth-order valence-corrected chi connectivity index (χ4v) is 2.93. The first-order valence-corrected chi connectivity index (χ1v) is 6.79. The van der Waals surface area contributed by atoms with E-state index in [0.717, 1.165) is 14.9 Å². The predicted octanol–water partition coefficient (Wildman–Crippen LogP) is 4.56. The predicted molar refractivity (Wildman–Crippen MR) is 73.2 cm³/mol. The smallest absolute Gasteiger partial charge is 0.150 e. The van der Waals surface area contributed by atoms with Crippen molar-refractivity contribution < 1.29 is 9.53 Å². The highest BCUT2D eigenvalue weighted by Crippen LogP contribution is 2.28. The number of hydrogen-bond acceptors (Lipinski definition) is 3. The molecule has 0 amide bonds. The van der Waals surface area contributed by atoms with Gasteiger partial charge in [-0.25, -0.2) is 0 Å². The van der Waals surface area contributed by atoms with Crippen molar-refractivity contribution >= 4 is 45.2 Å². The van der Waals surface area contributed by atoms with E-state index in [9.17, 15) is 4.79 Å². The fraction of sp³-hybridized carbons (Fsp3) is 0.0833. The second-order valence-electron chi connectivity index (χ2n) is 3.30. The van der Waals surface area contributed by atoms with E-state index in [4.69, 9.17) is 16.3 Å². The van der Waals surface area contributed by atoms with Gasteiger partial charge < -0.3 is 4.74 Å². The van der Waals surface area contributed by atoms with Gasteiger partial charge in [0, 0.05) is 10.4 Å². The SMILES string of the molecule is O=Cc1ccc(OCc2ccc(Br)s2)c(Cl)c1. The molecule has 1 aromatic carbocycles. The molecule has 0 aliphatic rings. The van der Waals surface area contributed by atoms with Crippen LogP contribution < -0.4 is 4.74 Å². The molecule has 0 aliphatic carbocycles. The average Bonchev–Trinajstić information content (AvgIpc) is 2.73. The maximum Gasteiger partial charge on any atom is 0.150 e. The molecule has 0 unspecified atom stereocenters. The van der Waals surface area contributed by atoms with Gasteiger partial charge in [-0.05, 0) is 46.3 Å². The zero-order valence-electron chi connectivity index (χ0n) is 8.65. The van der Waals surface area contributed by atoms with E-state index >= 15 is 0 Å². The Morgan fingerprint density at radius 1 is 1.35 bits per heavy atom. The summed E-state index contributed by atoms with van der Waals surface area (Å²) in [6.45, 7) is 0.469. The van der Waals surface area contributed by atoms with E-state index in [1.165, 1.54) is 0 Å². The number of halogens is 2. The van der Waals surface area contributed by atoms with E-state index < -0.39 is 0 Å². The molecule has 2 nitrogen and oxygen atoms in total. The zero-order chi connectivity index (χ0) is 12.3. The fourth-order valence-electron chi connectivity index (χ4n) is 1.29. The molecule has 0 saturated carbocycles. The van der Waals surface area contributed by atoms with E-state index in [-0.39, 0.29) is 0 Å². The summed E-state index contributed by atoms with van der Waals surface area (Å²) in [7, 11) is 0. The lowest BCUT2D eigenvalue weighted by Crippen LogP contribution is -1.94. The number of rotatable bonds is 4. The van der Waals surface area contributed by atoms with Gasteiger partial charge in [0.15, 0.2) is 0 Å². The van der Waals surface area contributed by atoms with Crippen molar-refractivity contribution in [2.75, 3.05) is 0 Å². The van der Waals surface area contributed by atoms with E-state index in [1.807, 2.05) is 12.1 Å². The van der Waals surface area contributed by atoms with Crippen LogP contribution in [0.15, 0.2) is 34.1 Å². The number of thiophene rings is 1. The first kappa shape index (κ1) is 12.6. The van der Waals surface area contributed by atoms with Crippen molar-refractivity contribution in [1.29, 1.82) is 0 Å². The van der Waals surface area contributed by atoms with Crippen LogP contribution in [0.2, 0.25) is 5.02 Å². The van der Waals surface area contributed by atoms with Crippen LogP contribution in [0.25, 0.3) is 0 Å². The Labute approximate surface area is 116 Å². The molecule has 0 aliphatic heterocycles. The van der Waals surface area contributed by atoms with Crippen molar-refractivity contribution in [2.45, 2.75) is 6.61 Å². The maximum atomic E-state index is 10.5. The molecule has 0 radical (unpaired) electrons. The second-order valence-corrected chi connectivity index (χ2v) is 6.26. The molecule has 88 valence electrons. The topological polar surface area (TPSA) is 26.3 Å². The molecule has 2 rings (SSSR count). The summed E-state index contributed by atoms with van der Waals surface area (Å²) in [4.78, 5) is 11.7. The van der Waals surface area contributed by atoms with Gasteiger partial charge in [-0.15, -0.1) is 11.3 Å². The second kappa shape index (κ2) is 5.67. The van der Waals surface area contributed by atoms with Crippen LogP contribution >= 0.6 is 38.9 Å². The lowest BCUT2D eigenvalue weighted by atomic mass is 10.2. The summed E-state index contributed by atoms with van der Waals surface area (Å²) < 4.78 is 6.65. The standard InChI is InChI=1S/C12H8BrClO2S/c13-12-4-2-9(17-12)7-16-11-3-1-8(6-15)5-10(11)14/h1-6H,7H2. The number of hydrogen-bond donors (Lipinski definition) is 0. The Bertz CT molecular complexity index is 539. The third-order valence-electron chi connectivity index (χ3n) is 2.09. The van der Waals surface area contributed by atoms with Crippen LogP contribution in [0.4, 0.5) is 0 Å². The molecule has 1 heterocycles. The van der Waals surface area contributed by atoms with Crippen LogP contribution in [0.1, 0.15) is 15.2 Å². The summed E-state index contributed by atoms with van der Waals surface area (Å²) in [5, 5.41) is 0.449. The van der Waals surface area contributed by atoms with Crippen molar-refractivity contribution in [3.05, 3.63) is 49.6 Å². The van der Waals surface area contributed by atoms with Crippen molar-refractivity contribution in [2.24, 2.45) is 0 Å². The monoisotopic (exact) mass is 330 g/mol. The molecule has 1 aromatic heterocycles. The Morgan fingerprint density at radius 3 is 2.76 bits per heavy atom. The molecule has 0 fully saturated rings. The third-order valence-corrected chi connectivity index (χ3v) is 3.98. The minimum atomic E-state index is 0.449. The van der Waals surface area contributed by atoms with Crippen LogP contribution in [0.5, 0.6) is 5.75 Å². The largest absolute Gasteiger partial charge is 0.487 e. The van der Waals surface area contributed by atoms with E-state index in [2.05, 4.69) is 15.9 Å². The first-order chi connectivity index (χ1) is 8.19. The Hall–Kier alpha value is -0.840. The summed E-state index contributed by atoms with van der Waals surface area (Å²) in [5.41, 5.74) is 0.543. The van der Waals surface area contributed by atoms with Crippen LogP contribution in [0, 0.1) is 0 Å². The molecular formula is C12H8BrClO2S. The highest BCUT2D eigenvalue weighted by Gasteiger charge is 2.04. The van der Waals surface area contributed by atoms with Gasteiger partial charge in [-0.3, -0.25) is 4.79 Å². The molecular weight excluding hydrogens is 324 g/mol. The number of benzene rings is 1. The third kappa shape index (κ3) is 3.31. The van der Waals surface area contributed by atoms with Crippen LogP contribution in [-0.4, -0.2) is 6.29 Å². The van der Waals surface area contributed by atoms with Gasteiger partial charge in [-0.2, -0.15) is 0 Å². The maximum absolute atomic E-state index is 10.5. The lowest BCUT2D eigenvalue weighted by molar-refractivity contribution is 0.112. The number of aldehydes is 1. The Kier molecular flexibility index (Phi) is 4.20. The minimum Gasteiger partial charge on any atom is -0.487 e. The molecule has 0 bridgehead atoms. The minimum absolute atomic E-state index is 0.449. The van der Waals surface area contributed by atoms with Crippen LogP contribution in [-0.2, 0) is 6.61 Å². The summed E-state index contributed by atoms with van der Waals surface area (Å²) in [5.74, 6) is 0.585. The molecule has 17 heavy (non-hydrogen) atoms. The van der Waals surface area contributed by atoms with Gasteiger partial charge in [0.05, 0.1) is 8.81 Å². The van der Waals surface area contributed by atoms with E-state index in [0.29, 0.717) is 22.9 Å². The Morgan fingerprint density at radius 2 is 2.18 bits per heavy atom. The number of carbonyl (C=O) groups is 1. The van der Waals surface area contributed by atoms with Crippen molar-refractivity contribution in [3.63, 3.8) is 0 Å². The molecule has 0 atom stereocenters. The van der Waals surface area contributed by atoms with Crippen molar-refractivity contribution in [1.82, 2.24) is 0 Å². The van der Waals surface area contributed by atoms with Gasteiger partial charge in [0.1, 0.15) is 18.6 Å². The first-order valence-electron chi connectivity index (χ1n) is 4.81. The van der Waals surface area contributed by atoms with Gasteiger partial charge in [0.25, 0.3) is 0 Å². The Balaban J connectivity index is 2.06. The van der Waals surface area contributed by atoms with Gasteiger partial charge in [0.2, 0.25) is 0 Å². The van der Waals surface area contributed by atoms with Crippen LogP contribution in [0.3, 0.4) is 0 Å². The zero-order valence-corrected chi connectivity index (χ0v) is 11.8. The molecule has 0 saturated heterocycles. The normalized spacial score (nSPS) is 10.2. The van der Waals surface area contributed by atoms with Crippen molar-refractivity contribution in [3.8, 4) is 5.75 Å². The summed E-state index contributed by atoms with van der Waals surface area (Å²) in [6.07, 6.45) is 0.756. The summed E-state index contributed by atoms with van der Waals surface area (Å²) >= 11 is 11.0. The quantitative estimate of drug-likeness (QED) is 0.768. The molecule has 0 spiro atoms. The average molecular weight is 332 g/mol. The number of ether oxygens (including phenoxy) is 1. The molecule has 2 aromatic rings. The van der Waals surface area contributed by atoms with E-state index in [1.54, 1.807) is 29.5 Å². The number of carbonyl (C=O) groups excluding carboxylic acids is 1. The van der Waals surface area contributed by atoms with Gasteiger partial charge >= 0.3 is 0 Å². The summed E-state index contributed by atoms with van der Waals surface area (Å²) in [6, 6.07) is 8.93. The highest BCUT2D eigenvalue weighted by atomic mass is 79.9. The molecule has 0 N–H and O–H groups in total. The molecule has 5 heteroatoms.